The van der Waals surface area contributed by atoms with E-state index in [-0.39, 0.29) is 33.8 Å². The zero-order valence-corrected chi connectivity index (χ0v) is 15.2. The van der Waals surface area contributed by atoms with Crippen molar-refractivity contribution in [3.8, 4) is 0 Å². The average molecular weight is 393 g/mol. The maximum atomic E-state index is 12.7. The Balaban J connectivity index is 1.70. The minimum atomic E-state index is -1.01. The Bertz CT molecular complexity index is 918. The topological polar surface area (TPSA) is 119 Å². The number of nitrogens with zero attached hydrogens (tertiary/aromatic N) is 4. The van der Waals surface area contributed by atoms with Crippen molar-refractivity contribution < 1.29 is 19.6 Å². The van der Waals surface area contributed by atoms with Gasteiger partial charge in [0.25, 0.3) is 11.6 Å². The van der Waals surface area contributed by atoms with Gasteiger partial charge in [0.2, 0.25) is 0 Å². The Labute approximate surface area is 159 Å². The molecule has 2 aromatic rings. The summed E-state index contributed by atoms with van der Waals surface area (Å²) in [5.74, 6) is -1.30. The van der Waals surface area contributed by atoms with Gasteiger partial charge in [0, 0.05) is 25.2 Å². The fourth-order valence-corrected chi connectivity index (χ4v) is 3.53. The van der Waals surface area contributed by atoms with Crippen molar-refractivity contribution in [2.75, 3.05) is 13.1 Å². The summed E-state index contributed by atoms with van der Waals surface area (Å²) < 4.78 is 1.70. The monoisotopic (exact) mass is 392 g/mol. The first-order valence-electron chi connectivity index (χ1n) is 8.30. The van der Waals surface area contributed by atoms with Crippen LogP contribution in [-0.4, -0.2) is 49.7 Å². The number of halogens is 1. The van der Waals surface area contributed by atoms with E-state index in [9.17, 15) is 19.7 Å². The molecule has 1 fully saturated rings. The molecule has 27 heavy (non-hydrogen) atoms. The molecule has 1 aromatic heterocycles. The Morgan fingerprint density at radius 1 is 1.30 bits per heavy atom. The Morgan fingerprint density at radius 2 is 1.96 bits per heavy atom. The number of hydrogen-bond donors (Lipinski definition) is 1. The Morgan fingerprint density at radius 3 is 2.48 bits per heavy atom. The van der Waals surface area contributed by atoms with E-state index in [1.807, 2.05) is 0 Å². The van der Waals surface area contributed by atoms with Crippen LogP contribution in [0, 0.1) is 17.0 Å². The number of hydrogen-bond acceptors (Lipinski definition) is 5. The summed E-state index contributed by atoms with van der Waals surface area (Å²) in [6, 6.07) is 3.80. The van der Waals surface area contributed by atoms with Gasteiger partial charge in [-0.25, -0.2) is 4.79 Å². The van der Waals surface area contributed by atoms with Crippen LogP contribution in [0.25, 0.3) is 0 Å². The number of piperidine rings is 1. The second-order valence-corrected chi connectivity index (χ2v) is 6.75. The summed E-state index contributed by atoms with van der Waals surface area (Å²) in [4.78, 5) is 35.7. The van der Waals surface area contributed by atoms with Gasteiger partial charge in [-0.1, -0.05) is 11.6 Å². The third-order valence-corrected chi connectivity index (χ3v) is 5.08. The summed E-state index contributed by atoms with van der Waals surface area (Å²) in [7, 11) is 0. The normalized spacial score (nSPS) is 15.0. The van der Waals surface area contributed by atoms with Crippen LogP contribution < -0.4 is 0 Å². The van der Waals surface area contributed by atoms with Gasteiger partial charge in [0.15, 0.2) is 0 Å². The lowest BCUT2D eigenvalue weighted by Gasteiger charge is -2.32. The number of nitro benzene ring substituents is 1. The molecular weight excluding hydrogens is 376 g/mol. The van der Waals surface area contributed by atoms with Crippen LogP contribution >= 0.6 is 11.6 Å². The number of nitro groups is 1. The van der Waals surface area contributed by atoms with Crippen LogP contribution in [0.3, 0.4) is 0 Å². The first-order valence-corrected chi connectivity index (χ1v) is 8.68. The number of carbonyl (C=O) groups excluding carboxylic acids is 1. The molecule has 1 aliphatic heterocycles. The van der Waals surface area contributed by atoms with Crippen molar-refractivity contribution in [1.29, 1.82) is 0 Å². The molecule has 0 bridgehead atoms. The maximum Gasteiger partial charge on any atom is 0.339 e. The SMILES string of the molecule is Cc1c(C(=O)O)cnn1C1CCN(C(=O)c2ccc([N+](=O)[O-])cc2Cl)CC1. The number of aromatic nitrogens is 2. The van der Waals surface area contributed by atoms with E-state index in [4.69, 9.17) is 16.7 Å². The molecule has 0 atom stereocenters. The third-order valence-electron chi connectivity index (χ3n) is 4.77. The molecule has 0 spiro atoms. The van der Waals surface area contributed by atoms with Crippen LogP contribution in [0.15, 0.2) is 24.4 Å². The van der Waals surface area contributed by atoms with E-state index in [0.717, 1.165) is 0 Å². The molecule has 1 amide bonds. The summed E-state index contributed by atoms with van der Waals surface area (Å²) in [6.07, 6.45) is 2.58. The van der Waals surface area contributed by atoms with Gasteiger partial charge in [-0.3, -0.25) is 19.6 Å². The number of carbonyl (C=O) groups is 2. The number of benzene rings is 1. The number of carboxylic acids is 1. The molecule has 142 valence electrons. The average Bonchev–Trinajstić information content (AvgIpc) is 3.03. The van der Waals surface area contributed by atoms with E-state index >= 15 is 0 Å². The molecule has 2 heterocycles. The minimum Gasteiger partial charge on any atom is -0.478 e. The predicted octanol–water partition coefficient (Wildman–Crippen LogP) is 2.93. The first kappa shape index (κ1) is 18.8. The van der Waals surface area contributed by atoms with Gasteiger partial charge in [-0.05, 0) is 25.8 Å². The van der Waals surface area contributed by atoms with Gasteiger partial charge in [0.05, 0.1) is 33.4 Å². The van der Waals surface area contributed by atoms with Gasteiger partial charge in [-0.15, -0.1) is 0 Å². The van der Waals surface area contributed by atoms with Crippen molar-refractivity contribution in [1.82, 2.24) is 14.7 Å². The number of non-ortho nitro benzene ring substituents is 1. The number of carboxylic acid groups (broad SMARTS) is 1. The predicted molar refractivity (Wildman–Crippen MR) is 96.2 cm³/mol. The second-order valence-electron chi connectivity index (χ2n) is 6.34. The molecule has 0 saturated carbocycles. The van der Waals surface area contributed by atoms with Crippen molar-refractivity contribution in [2.24, 2.45) is 0 Å². The molecular formula is C17H17ClN4O5. The molecule has 1 aromatic carbocycles. The van der Waals surface area contributed by atoms with E-state index in [1.54, 1.807) is 16.5 Å². The highest BCUT2D eigenvalue weighted by Crippen LogP contribution is 2.28. The molecule has 9 nitrogen and oxygen atoms in total. The summed E-state index contributed by atoms with van der Waals surface area (Å²) >= 11 is 6.04. The maximum absolute atomic E-state index is 12.7. The third kappa shape index (κ3) is 3.63. The summed E-state index contributed by atoms with van der Waals surface area (Å²) in [5.41, 5.74) is 0.819. The molecule has 0 unspecified atom stereocenters. The van der Waals surface area contributed by atoms with Crippen molar-refractivity contribution in [2.45, 2.75) is 25.8 Å². The molecule has 3 rings (SSSR count). The highest BCUT2D eigenvalue weighted by atomic mass is 35.5. The number of rotatable bonds is 4. The Hall–Kier alpha value is -2.94. The van der Waals surface area contributed by atoms with Crippen LogP contribution in [0.2, 0.25) is 5.02 Å². The molecule has 1 saturated heterocycles. The highest BCUT2D eigenvalue weighted by molar-refractivity contribution is 6.34. The quantitative estimate of drug-likeness (QED) is 0.631. The number of amides is 1. The first-order chi connectivity index (χ1) is 12.8. The standard InChI is InChI=1S/C17H17ClN4O5/c1-10-14(17(24)25)9-19-21(10)11-4-6-20(7-5-11)16(23)13-3-2-12(22(26)27)8-15(13)18/h2-3,8-9,11H,4-7H2,1H3,(H,24,25). The van der Waals surface area contributed by atoms with Crippen molar-refractivity contribution in [3.63, 3.8) is 0 Å². The smallest absolute Gasteiger partial charge is 0.339 e. The van der Waals surface area contributed by atoms with E-state index in [0.29, 0.717) is 31.6 Å². The van der Waals surface area contributed by atoms with Crippen LogP contribution in [0.4, 0.5) is 5.69 Å². The number of likely N-dealkylation sites (tertiary alicyclic amines) is 1. The lowest BCUT2D eigenvalue weighted by Crippen LogP contribution is -2.39. The zero-order valence-electron chi connectivity index (χ0n) is 14.5. The second kappa shape index (κ2) is 7.36. The lowest BCUT2D eigenvalue weighted by atomic mass is 10.0. The lowest BCUT2D eigenvalue weighted by molar-refractivity contribution is -0.384. The molecule has 10 heteroatoms. The van der Waals surface area contributed by atoms with Crippen molar-refractivity contribution >= 4 is 29.2 Å². The van der Waals surface area contributed by atoms with Crippen LogP contribution in [-0.2, 0) is 0 Å². The van der Waals surface area contributed by atoms with Gasteiger partial charge < -0.3 is 10.0 Å². The Kier molecular flexibility index (Phi) is 5.13. The largest absolute Gasteiger partial charge is 0.478 e. The zero-order chi connectivity index (χ0) is 19.7. The van der Waals surface area contributed by atoms with E-state index in [1.165, 1.54) is 24.4 Å². The van der Waals surface area contributed by atoms with E-state index in [2.05, 4.69) is 5.10 Å². The molecule has 1 N–H and O–H groups in total. The van der Waals surface area contributed by atoms with Crippen LogP contribution in [0.5, 0.6) is 0 Å². The summed E-state index contributed by atoms with van der Waals surface area (Å²) in [5, 5.41) is 24.1. The fourth-order valence-electron chi connectivity index (χ4n) is 3.28. The van der Waals surface area contributed by atoms with E-state index < -0.39 is 10.9 Å². The minimum absolute atomic E-state index is 0.00878. The van der Waals surface area contributed by atoms with Gasteiger partial charge in [-0.2, -0.15) is 5.10 Å². The highest BCUT2D eigenvalue weighted by Gasteiger charge is 2.28. The molecule has 0 aliphatic carbocycles. The van der Waals surface area contributed by atoms with Gasteiger partial charge in [0.1, 0.15) is 5.56 Å². The van der Waals surface area contributed by atoms with Crippen LogP contribution in [0.1, 0.15) is 45.3 Å². The fraction of sp³-hybridized carbons (Fsp3) is 0.353. The van der Waals surface area contributed by atoms with Gasteiger partial charge >= 0.3 is 5.97 Å². The van der Waals surface area contributed by atoms with Crippen molar-refractivity contribution in [3.05, 3.63) is 56.4 Å². The number of aromatic carboxylic acids is 1. The summed E-state index contributed by atoms with van der Waals surface area (Å²) in [6.45, 7) is 2.63. The molecule has 0 radical (unpaired) electrons. The molecule has 1 aliphatic rings.